The maximum atomic E-state index is 5.80. The minimum Gasteiger partial charge on any atom is -0.376 e. The molecule has 17 heavy (non-hydrogen) atoms. The first kappa shape index (κ1) is 15.1. The second-order valence-corrected chi connectivity index (χ2v) is 6.57. The Morgan fingerprint density at radius 2 is 1.94 bits per heavy atom. The summed E-state index contributed by atoms with van der Waals surface area (Å²) in [5.41, 5.74) is 1.44. The summed E-state index contributed by atoms with van der Waals surface area (Å²) >= 11 is 7.93. The average Bonchev–Trinajstić information content (AvgIpc) is 2.25. The molecule has 0 amide bonds. The van der Waals surface area contributed by atoms with Crippen LogP contribution in [0.15, 0.2) is 28.7 Å². The second-order valence-electron chi connectivity index (χ2n) is 5.35. The first-order valence-corrected chi connectivity index (χ1v) is 7.29. The lowest BCUT2D eigenvalue weighted by atomic mass is 9.82. The fourth-order valence-electron chi connectivity index (χ4n) is 1.50. The fourth-order valence-corrected chi connectivity index (χ4v) is 2.56. The van der Waals surface area contributed by atoms with Gasteiger partial charge in [-0.2, -0.15) is 12.6 Å². The van der Waals surface area contributed by atoms with Crippen molar-refractivity contribution in [2.24, 2.45) is 11.3 Å². The van der Waals surface area contributed by atoms with Crippen molar-refractivity contribution in [3.8, 4) is 0 Å². The molecule has 0 saturated heterocycles. The highest BCUT2D eigenvalue weighted by Crippen LogP contribution is 2.27. The molecule has 1 aromatic carbocycles. The Hall–Kier alpha value is 0.01000. The predicted octanol–water partition coefficient (Wildman–Crippen LogP) is 4.56. The minimum absolute atomic E-state index is 0.246. The van der Waals surface area contributed by atoms with E-state index in [0.29, 0.717) is 12.5 Å². The molecule has 0 bridgehead atoms. The Morgan fingerprint density at radius 1 is 1.29 bits per heavy atom. The monoisotopic (exact) mass is 316 g/mol. The van der Waals surface area contributed by atoms with Gasteiger partial charge in [0.05, 0.1) is 13.2 Å². The lowest BCUT2D eigenvalue weighted by Crippen LogP contribution is -2.26. The van der Waals surface area contributed by atoms with E-state index in [9.17, 15) is 0 Å². The van der Waals surface area contributed by atoms with E-state index in [1.54, 1.807) is 0 Å². The first-order chi connectivity index (χ1) is 7.95. The standard InChI is InChI=1S/C14H21BrOS/c1-14(2,3)12(10-17)9-16-8-11-6-4-5-7-13(11)15/h4-7,12,17H,8-10H2,1-3H3. The summed E-state index contributed by atoms with van der Waals surface area (Å²) < 4.78 is 6.91. The summed E-state index contributed by atoms with van der Waals surface area (Å²) in [5, 5.41) is 0. The molecule has 0 aliphatic heterocycles. The number of hydrogen-bond acceptors (Lipinski definition) is 2. The van der Waals surface area contributed by atoms with Gasteiger partial charge < -0.3 is 4.74 Å². The van der Waals surface area contributed by atoms with E-state index in [1.807, 2.05) is 18.2 Å². The van der Waals surface area contributed by atoms with Crippen molar-refractivity contribution < 1.29 is 4.74 Å². The molecule has 0 aromatic heterocycles. The third-order valence-corrected chi connectivity index (χ3v) is 4.19. The molecule has 0 spiro atoms. The highest BCUT2D eigenvalue weighted by molar-refractivity contribution is 9.10. The van der Waals surface area contributed by atoms with Crippen LogP contribution in [-0.2, 0) is 11.3 Å². The molecule has 1 atom stereocenters. The molecule has 3 heteroatoms. The molecule has 1 nitrogen and oxygen atoms in total. The highest BCUT2D eigenvalue weighted by Gasteiger charge is 2.23. The van der Waals surface area contributed by atoms with Crippen LogP contribution in [0.2, 0.25) is 0 Å². The van der Waals surface area contributed by atoms with E-state index < -0.39 is 0 Å². The number of halogens is 1. The van der Waals surface area contributed by atoms with Crippen LogP contribution in [0.3, 0.4) is 0 Å². The Bertz CT molecular complexity index is 346. The molecule has 0 saturated carbocycles. The van der Waals surface area contributed by atoms with Crippen LogP contribution < -0.4 is 0 Å². The van der Waals surface area contributed by atoms with Gasteiger partial charge in [-0.3, -0.25) is 0 Å². The van der Waals surface area contributed by atoms with Crippen molar-refractivity contribution in [1.82, 2.24) is 0 Å². The van der Waals surface area contributed by atoms with Crippen molar-refractivity contribution in [2.75, 3.05) is 12.4 Å². The summed E-state index contributed by atoms with van der Waals surface area (Å²) in [6.45, 7) is 8.11. The van der Waals surface area contributed by atoms with Crippen molar-refractivity contribution >= 4 is 28.6 Å². The lowest BCUT2D eigenvalue weighted by Gasteiger charge is -2.29. The van der Waals surface area contributed by atoms with E-state index in [1.165, 1.54) is 5.56 Å². The first-order valence-electron chi connectivity index (χ1n) is 5.87. The van der Waals surface area contributed by atoms with Crippen LogP contribution in [0, 0.1) is 11.3 Å². The van der Waals surface area contributed by atoms with Crippen molar-refractivity contribution in [3.05, 3.63) is 34.3 Å². The van der Waals surface area contributed by atoms with Crippen molar-refractivity contribution in [3.63, 3.8) is 0 Å². The van der Waals surface area contributed by atoms with E-state index in [-0.39, 0.29) is 5.41 Å². The number of hydrogen-bond donors (Lipinski definition) is 1. The Balaban J connectivity index is 2.45. The quantitative estimate of drug-likeness (QED) is 0.783. The molecular formula is C14H21BrOS. The van der Waals surface area contributed by atoms with Gasteiger partial charge in [-0.15, -0.1) is 0 Å². The molecule has 0 N–H and O–H groups in total. The molecule has 1 rings (SSSR count). The Labute approximate surface area is 118 Å². The smallest absolute Gasteiger partial charge is 0.0727 e. The van der Waals surface area contributed by atoms with Gasteiger partial charge in [0.1, 0.15) is 0 Å². The van der Waals surface area contributed by atoms with E-state index in [4.69, 9.17) is 4.74 Å². The highest BCUT2D eigenvalue weighted by atomic mass is 79.9. The summed E-state index contributed by atoms with van der Waals surface area (Å²) in [6.07, 6.45) is 0. The molecule has 0 fully saturated rings. The van der Waals surface area contributed by atoms with E-state index in [2.05, 4.69) is 55.4 Å². The van der Waals surface area contributed by atoms with Crippen LogP contribution in [0.25, 0.3) is 0 Å². The van der Waals surface area contributed by atoms with Crippen LogP contribution in [0.1, 0.15) is 26.3 Å². The number of ether oxygens (including phenoxy) is 1. The van der Waals surface area contributed by atoms with Gasteiger partial charge in [-0.05, 0) is 28.7 Å². The third-order valence-electron chi connectivity index (χ3n) is 2.98. The van der Waals surface area contributed by atoms with Crippen molar-refractivity contribution in [2.45, 2.75) is 27.4 Å². The Kier molecular flexibility index (Phi) is 6.04. The van der Waals surface area contributed by atoms with Crippen LogP contribution in [0.4, 0.5) is 0 Å². The Morgan fingerprint density at radius 3 is 2.47 bits per heavy atom. The van der Waals surface area contributed by atoms with Gasteiger partial charge in [-0.1, -0.05) is 54.9 Å². The van der Waals surface area contributed by atoms with Crippen molar-refractivity contribution in [1.29, 1.82) is 0 Å². The van der Waals surface area contributed by atoms with E-state index in [0.717, 1.165) is 16.8 Å². The summed E-state index contributed by atoms with van der Waals surface area (Å²) in [6, 6.07) is 8.16. The lowest BCUT2D eigenvalue weighted by molar-refractivity contribution is 0.0558. The molecule has 1 aromatic rings. The fraction of sp³-hybridized carbons (Fsp3) is 0.571. The van der Waals surface area contributed by atoms with Crippen LogP contribution in [0.5, 0.6) is 0 Å². The van der Waals surface area contributed by atoms with Gasteiger partial charge in [0.25, 0.3) is 0 Å². The topological polar surface area (TPSA) is 9.23 Å². The van der Waals surface area contributed by atoms with Gasteiger partial charge in [0.2, 0.25) is 0 Å². The average molecular weight is 317 g/mol. The van der Waals surface area contributed by atoms with Gasteiger partial charge in [0.15, 0.2) is 0 Å². The zero-order chi connectivity index (χ0) is 12.9. The van der Waals surface area contributed by atoms with Gasteiger partial charge in [-0.25, -0.2) is 0 Å². The number of rotatable bonds is 5. The zero-order valence-corrected chi connectivity index (χ0v) is 13.2. The summed E-state index contributed by atoms with van der Waals surface area (Å²) in [4.78, 5) is 0. The SMILES string of the molecule is CC(C)(C)C(CS)COCc1ccccc1Br. The predicted molar refractivity (Wildman–Crippen MR) is 80.6 cm³/mol. The summed E-state index contributed by atoms with van der Waals surface area (Å²) in [5.74, 6) is 1.34. The largest absolute Gasteiger partial charge is 0.376 e. The van der Waals surface area contributed by atoms with E-state index >= 15 is 0 Å². The molecular weight excluding hydrogens is 296 g/mol. The summed E-state index contributed by atoms with van der Waals surface area (Å²) in [7, 11) is 0. The number of benzene rings is 1. The minimum atomic E-state index is 0.246. The van der Waals surface area contributed by atoms with Crippen LogP contribution in [-0.4, -0.2) is 12.4 Å². The molecule has 0 aliphatic rings. The molecule has 0 heterocycles. The van der Waals surface area contributed by atoms with Crippen LogP contribution >= 0.6 is 28.6 Å². The second kappa shape index (κ2) is 6.81. The normalized spacial score (nSPS) is 13.7. The molecule has 0 radical (unpaired) electrons. The molecule has 1 unspecified atom stereocenters. The number of thiol groups is 1. The maximum absolute atomic E-state index is 5.80. The molecule has 96 valence electrons. The zero-order valence-electron chi connectivity index (χ0n) is 10.7. The van der Waals surface area contributed by atoms with Gasteiger partial charge in [0, 0.05) is 4.47 Å². The molecule has 0 aliphatic carbocycles. The maximum Gasteiger partial charge on any atom is 0.0727 e. The van der Waals surface area contributed by atoms with Gasteiger partial charge >= 0.3 is 0 Å². The third kappa shape index (κ3) is 5.02.